The van der Waals surface area contributed by atoms with Gasteiger partial charge in [-0.1, -0.05) is 18.2 Å². The second kappa shape index (κ2) is 6.79. The van der Waals surface area contributed by atoms with Crippen LogP contribution in [0.5, 0.6) is 0 Å². The van der Waals surface area contributed by atoms with Gasteiger partial charge in [0.05, 0.1) is 17.0 Å². The number of rotatable bonds is 3. The van der Waals surface area contributed by atoms with Gasteiger partial charge >= 0.3 is 6.18 Å². The molecule has 1 N–H and O–H groups in total. The van der Waals surface area contributed by atoms with E-state index in [-0.39, 0.29) is 23.9 Å². The molecule has 1 heterocycles. The van der Waals surface area contributed by atoms with Crippen LogP contribution in [0.1, 0.15) is 5.56 Å². The number of carbonyl (C=O) groups excluding carboxylic acids is 2. The van der Waals surface area contributed by atoms with E-state index in [1.165, 1.54) is 28.8 Å². The van der Waals surface area contributed by atoms with E-state index < -0.39 is 17.6 Å². The van der Waals surface area contributed by atoms with Crippen LogP contribution in [0.2, 0.25) is 0 Å². The van der Waals surface area contributed by atoms with Crippen molar-refractivity contribution in [3.63, 3.8) is 0 Å². The minimum Gasteiger partial charge on any atom is -0.325 e. The van der Waals surface area contributed by atoms with Crippen LogP contribution in [0.3, 0.4) is 0 Å². The van der Waals surface area contributed by atoms with Crippen molar-refractivity contribution in [1.82, 2.24) is 0 Å². The van der Waals surface area contributed by atoms with E-state index in [0.29, 0.717) is 5.69 Å². The van der Waals surface area contributed by atoms with Crippen molar-refractivity contribution in [3.8, 4) is 0 Å². The topological polar surface area (TPSA) is 49.4 Å². The van der Waals surface area contributed by atoms with Crippen LogP contribution >= 0.6 is 11.8 Å². The Balaban J connectivity index is 1.74. The molecule has 0 radical (unpaired) electrons. The Morgan fingerprint density at radius 3 is 2.68 bits per heavy atom. The molecule has 0 bridgehead atoms. The third kappa shape index (κ3) is 3.96. The van der Waals surface area contributed by atoms with Gasteiger partial charge in [-0.2, -0.15) is 13.2 Å². The molecule has 1 aliphatic rings. The maximum Gasteiger partial charge on any atom is 0.416 e. The standard InChI is InChI=1S/C17H13F3N2O2S/c18-17(19,20)11-4-3-5-12(8-11)21-15(23)9-22-13-6-1-2-7-14(13)25-10-16(22)24/h1-8H,9-10H2,(H,21,23). The molecule has 0 aliphatic carbocycles. The van der Waals surface area contributed by atoms with Crippen molar-refractivity contribution in [1.29, 1.82) is 0 Å². The predicted octanol–water partition coefficient (Wildman–Crippen LogP) is 3.78. The Labute approximate surface area is 146 Å². The summed E-state index contributed by atoms with van der Waals surface area (Å²) < 4.78 is 38.2. The largest absolute Gasteiger partial charge is 0.416 e. The second-order valence-corrected chi connectivity index (χ2v) is 6.38. The zero-order chi connectivity index (χ0) is 18.0. The summed E-state index contributed by atoms with van der Waals surface area (Å²) >= 11 is 1.39. The minimum absolute atomic E-state index is 0.0342. The lowest BCUT2D eigenvalue weighted by Gasteiger charge is -2.28. The smallest absolute Gasteiger partial charge is 0.325 e. The van der Waals surface area contributed by atoms with Crippen molar-refractivity contribution in [3.05, 3.63) is 54.1 Å². The highest BCUT2D eigenvalue weighted by molar-refractivity contribution is 8.00. The van der Waals surface area contributed by atoms with E-state index >= 15 is 0 Å². The molecule has 1 aliphatic heterocycles. The fraction of sp³-hybridized carbons (Fsp3) is 0.176. The molecule has 3 rings (SSSR count). The van der Waals surface area contributed by atoms with E-state index in [1.807, 2.05) is 12.1 Å². The van der Waals surface area contributed by atoms with E-state index in [1.54, 1.807) is 12.1 Å². The van der Waals surface area contributed by atoms with Gasteiger partial charge in [0.15, 0.2) is 0 Å². The van der Waals surface area contributed by atoms with E-state index in [0.717, 1.165) is 17.0 Å². The highest BCUT2D eigenvalue weighted by Gasteiger charge is 2.31. The lowest BCUT2D eigenvalue weighted by atomic mass is 10.2. The SMILES string of the molecule is O=C(CN1C(=O)CSc2ccccc21)Nc1cccc(C(F)(F)F)c1. The van der Waals surface area contributed by atoms with Crippen LogP contribution < -0.4 is 10.2 Å². The summed E-state index contributed by atoms with van der Waals surface area (Å²) in [4.78, 5) is 26.5. The van der Waals surface area contributed by atoms with E-state index in [4.69, 9.17) is 0 Å². The number of benzene rings is 2. The Hall–Kier alpha value is -2.48. The third-order valence-electron chi connectivity index (χ3n) is 3.58. The average molecular weight is 366 g/mol. The molecule has 0 fully saturated rings. The molecule has 4 nitrogen and oxygen atoms in total. The van der Waals surface area contributed by atoms with Crippen LogP contribution in [-0.2, 0) is 15.8 Å². The molecule has 0 atom stereocenters. The molecule has 0 unspecified atom stereocenters. The Bertz CT molecular complexity index is 824. The first-order valence-electron chi connectivity index (χ1n) is 7.34. The molecule has 25 heavy (non-hydrogen) atoms. The summed E-state index contributed by atoms with van der Waals surface area (Å²) in [6, 6.07) is 11.6. The molecular formula is C17H13F3N2O2S. The Morgan fingerprint density at radius 2 is 1.92 bits per heavy atom. The fourth-order valence-corrected chi connectivity index (χ4v) is 3.38. The van der Waals surface area contributed by atoms with Crippen molar-refractivity contribution < 1.29 is 22.8 Å². The Morgan fingerprint density at radius 1 is 1.16 bits per heavy atom. The molecule has 0 spiro atoms. The number of fused-ring (bicyclic) bond motifs is 1. The lowest BCUT2D eigenvalue weighted by Crippen LogP contribution is -2.41. The summed E-state index contributed by atoms with van der Waals surface area (Å²) in [5.74, 6) is -0.564. The molecule has 130 valence electrons. The number of alkyl halides is 3. The minimum atomic E-state index is -4.49. The molecule has 0 aromatic heterocycles. The van der Waals surface area contributed by atoms with Crippen LogP contribution in [0.15, 0.2) is 53.4 Å². The molecular weight excluding hydrogens is 353 g/mol. The monoisotopic (exact) mass is 366 g/mol. The number of para-hydroxylation sites is 1. The highest BCUT2D eigenvalue weighted by atomic mass is 32.2. The molecule has 0 saturated carbocycles. The van der Waals surface area contributed by atoms with Crippen molar-refractivity contribution in [2.75, 3.05) is 22.5 Å². The summed E-state index contributed by atoms with van der Waals surface area (Å²) in [6.45, 7) is -0.257. The number of halogens is 3. The normalized spacial score (nSPS) is 14.2. The second-order valence-electron chi connectivity index (χ2n) is 5.36. The first kappa shape index (κ1) is 17.3. The maximum atomic E-state index is 12.7. The number of amides is 2. The van der Waals surface area contributed by atoms with Crippen LogP contribution in [0.4, 0.5) is 24.5 Å². The van der Waals surface area contributed by atoms with Crippen molar-refractivity contribution >= 4 is 35.0 Å². The van der Waals surface area contributed by atoms with E-state index in [2.05, 4.69) is 5.32 Å². The number of thioether (sulfide) groups is 1. The van der Waals surface area contributed by atoms with Crippen molar-refractivity contribution in [2.24, 2.45) is 0 Å². The van der Waals surface area contributed by atoms with Gasteiger partial charge in [-0.25, -0.2) is 0 Å². The van der Waals surface area contributed by atoms with Gasteiger partial charge in [0, 0.05) is 10.6 Å². The molecule has 2 amide bonds. The van der Waals surface area contributed by atoms with Gasteiger partial charge in [0.2, 0.25) is 11.8 Å². The summed E-state index contributed by atoms with van der Waals surface area (Å²) in [6.07, 6.45) is -4.49. The number of hydrogen-bond donors (Lipinski definition) is 1. The number of carbonyl (C=O) groups is 2. The van der Waals surface area contributed by atoms with Gasteiger partial charge in [0.25, 0.3) is 0 Å². The molecule has 2 aromatic carbocycles. The summed E-state index contributed by atoms with van der Waals surface area (Å²) in [7, 11) is 0. The van der Waals surface area contributed by atoms with Gasteiger partial charge < -0.3 is 10.2 Å². The fourth-order valence-electron chi connectivity index (χ4n) is 2.44. The first-order chi connectivity index (χ1) is 11.8. The zero-order valence-corrected chi connectivity index (χ0v) is 13.7. The van der Waals surface area contributed by atoms with E-state index in [9.17, 15) is 22.8 Å². The third-order valence-corrected chi connectivity index (χ3v) is 4.63. The number of nitrogens with zero attached hydrogens (tertiary/aromatic N) is 1. The number of hydrogen-bond acceptors (Lipinski definition) is 3. The van der Waals surface area contributed by atoms with Crippen LogP contribution in [0.25, 0.3) is 0 Å². The first-order valence-corrected chi connectivity index (χ1v) is 8.32. The molecule has 8 heteroatoms. The zero-order valence-electron chi connectivity index (χ0n) is 12.8. The Kier molecular flexibility index (Phi) is 4.71. The van der Waals surface area contributed by atoms with Gasteiger partial charge in [-0.15, -0.1) is 11.8 Å². The summed E-state index contributed by atoms with van der Waals surface area (Å²) in [5.41, 5.74) is -0.184. The number of nitrogens with one attached hydrogen (secondary N) is 1. The summed E-state index contributed by atoms with van der Waals surface area (Å²) in [5, 5.41) is 2.41. The van der Waals surface area contributed by atoms with Gasteiger partial charge in [-0.05, 0) is 30.3 Å². The van der Waals surface area contributed by atoms with Crippen LogP contribution in [0, 0.1) is 0 Å². The maximum absolute atomic E-state index is 12.7. The van der Waals surface area contributed by atoms with Crippen LogP contribution in [-0.4, -0.2) is 24.1 Å². The van der Waals surface area contributed by atoms with Gasteiger partial charge in [-0.3, -0.25) is 9.59 Å². The number of anilines is 2. The quantitative estimate of drug-likeness (QED) is 0.899. The average Bonchev–Trinajstić information content (AvgIpc) is 2.57. The predicted molar refractivity (Wildman–Crippen MR) is 89.6 cm³/mol. The lowest BCUT2D eigenvalue weighted by molar-refractivity contribution is -0.137. The molecule has 0 saturated heterocycles. The molecule has 2 aromatic rings. The van der Waals surface area contributed by atoms with Gasteiger partial charge in [0.1, 0.15) is 6.54 Å². The van der Waals surface area contributed by atoms with Crippen molar-refractivity contribution in [2.45, 2.75) is 11.1 Å². The highest BCUT2D eigenvalue weighted by Crippen LogP contribution is 2.35.